The lowest BCUT2D eigenvalue weighted by Gasteiger charge is -2.12. The summed E-state index contributed by atoms with van der Waals surface area (Å²) in [4.78, 5) is 0. The fraction of sp³-hybridized carbons (Fsp3) is 0.500. The molecule has 0 saturated heterocycles. The van der Waals surface area contributed by atoms with Crippen LogP contribution < -0.4 is 10.1 Å². The molecular formula is C12H20ClNO. The van der Waals surface area contributed by atoms with E-state index in [0.29, 0.717) is 6.04 Å². The van der Waals surface area contributed by atoms with Crippen molar-refractivity contribution in [2.45, 2.75) is 26.3 Å². The predicted molar refractivity (Wildman–Crippen MR) is 67.1 cm³/mol. The molecule has 15 heavy (non-hydrogen) atoms. The number of hydrogen-bond donors (Lipinski definition) is 1. The molecule has 1 rings (SSSR count). The molecule has 0 aliphatic heterocycles. The Morgan fingerprint density at radius 1 is 1.27 bits per heavy atom. The standard InChI is InChI=1S/C12H19NO.ClH/c1-4-13-10(2)9-11-5-7-12(14-3)8-6-11;/h5-8,10,13H,4,9H2,1-3H3;1H/t10-;/m0./s1. The first kappa shape index (κ1) is 14.3. The molecule has 0 heterocycles. The van der Waals surface area contributed by atoms with Gasteiger partial charge in [0, 0.05) is 6.04 Å². The largest absolute Gasteiger partial charge is 0.497 e. The van der Waals surface area contributed by atoms with Crippen molar-refractivity contribution in [1.82, 2.24) is 5.32 Å². The zero-order chi connectivity index (χ0) is 10.4. The summed E-state index contributed by atoms with van der Waals surface area (Å²) in [5, 5.41) is 3.39. The Kier molecular flexibility index (Phi) is 7.18. The van der Waals surface area contributed by atoms with Crippen LogP contribution in [0.25, 0.3) is 0 Å². The van der Waals surface area contributed by atoms with E-state index in [1.54, 1.807) is 7.11 Å². The van der Waals surface area contributed by atoms with Crippen molar-refractivity contribution in [3.63, 3.8) is 0 Å². The van der Waals surface area contributed by atoms with Crippen molar-refractivity contribution in [3.05, 3.63) is 29.8 Å². The lowest BCUT2D eigenvalue weighted by molar-refractivity contribution is 0.414. The minimum atomic E-state index is 0. The van der Waals surface area contributed by atoms with Gasteiger partial charge in [0.1, 0.15) is 5.75 Å². The van der Waals surface area contributed by atoms with Crippen LogP contribution in [0.3, 0.4) is 0 Å². The first-order chi connectivity index (χ1) is 6.76. The molecule has 0 unspecified atom stereocenters. The molecule has 0 aliphatic carbocycles. The number of methoxy groups -OCH3 is 1. The van der Waals surface area contributed by atoms with E-state index in [1.807, 2.05) is 12.1 Å². The van der Waals surface area contributed by atoms with Crippen LogP contribution in [0.1, 0.15) is 19.4 Å². The smallest absolute Gasteiger partial charge is 0.118 e. The van der Waals surface area contributed by atoms with Crippen molar-refractivity contribution in [1.29, 1.82) is 0 Å². The Labute approximate surface area is 98.4 Å². The van der Waals surface area contributed by atoms with Gasteiger partial charge in [-0.3, -0.25) is 0 Å². The molecule has 1 N–H and O–H groups in total. The zero-order valence-corrected chi connectivity index (χ0v) is 10.4. The Bertz CT molecular complexity index is 261. The molecule has 0 saturated carbocycles. The Balaban J connectivity index is 0.00000196. The monoisotopic (exact) mass is 229 g/mol. The highest BCUT2D eigenvalue weighted by Crippen LogP contribution is 2.12. The Morgan fingerprint density at radius 2 is 1.87 bits per heavy atom. The first-order valence-corrected chi connectivity index (χ1v) is 5.12. The van der Waals surface area contributed by atoms with Gasteiger partial charge in [-0.05, 0) is 37.6 Å². The number of rotatable bonds is 5. The highest BCUT2D eigenvalue weighted by Gasteiger charge is 2.01. The van der Waals surface area contributed by atoms with E-state index in [4.69, 9.17) is 4.74 Å². The summed E-state index contributed by atoms with van der Waals surface area (Å²) >= 11 is 0. The number of hydrogen-bond acceptors (Lipinski definition) is 2. The number of likely N-dealkylation sites (N-methyl/N-ethyl adjacent to an activating group) is 1. The summed E-state index contributed by atoms with van der Waals surface area (Å²) in [6, 6.07) is 8.79. The minimum absolute atomic E-state index is 0. The third kappa shape index (κ3) is 5.05. The van der Waals surface area contributed by atoms with E-state index in [1.165, 1.54) is 5.56 Å². The van der Waals surface area contributed by atoms with Crippen molar-refractivity contribution >= 4 is 12.4 Å². The van der Waals surface area contributed by atoms with Gasteiger partial charge in [-0.1, -0.05) is 19.1 Å². The third-order valence-electron chi connectivity index (χ3n) is 2.25. The van der Waals surface area contributed by atoms with Crippen molar-refractivity contribution in [3.8, 4) is 5.75 Å². The summed E-state index contributed by atoms with van der Waals surface area (Å²) in [5.41, 5.74) is 1.35. The summed E-state index contributed by atoms with van der Waals surface area (Å²) in [5.74, 6) is 0.921. The summed E-state index contributed by atoms with van der Waals surface area (Å²) < 4.78 is 5.11. The van der Waals surface area contributed by atoms with Gasteiger partial charge >= 0.3 is 0 Å². The molecule has 0 spiro atoms. The van der Waals surface area contributed by atoms with Crippen LogP contribution in [-0.4, -0.2) is 19.7 Å². The van der Waals surface area contributed by atoms with Crippen molar-refractivity contribution < 1.29 is 4.74 Å². The Morgan fingerprint density at radius 3 is 2.33 bits per heavy atom. The molecule has 0 aromatic heterocycles. The summed E-state index contributed by atoms with van der Waals surface area (Å²) in [6.45, 7) is 5.36. The molecule has 0 amide bonds. The van der Waals surface area contributed by atoms with Gasteiger partial charge in [0.05, 0.1) is 7.11 Å². The molecule has 1 aromatic rings. The molecule has 0 aliphatic rings. The van der Waals surface area contributed by atoms with Crippen molar-refractivity contribution in [2.24, 2.45) is 0 Å². The molecule has 1 aromatic carbocycles. The summed E-state index contributed by atoms with van der Waals surface area (Å²) in [6.07, 6.45) is 1.07. The second kappa shape index (κ2) is 7.55. The number of benzene rings is 1. The van der Waals surface area contributed by atoms with Crippen LogP contribution in [0.4, 0.5) is 0 Å². The lowest BCUT2D eigenvalue weighted by atomic mass is 10.1. The quantitative estimate of drug-likeness (QED) is 0.838. The fourth-order valence-corrected chi connectivity index (χ4v) is 1.54. The fourth-order valence-electron chi connectivity index (χ4n) is 1.54. The number of nitrogens with one attached hydrogen (secondary N) is 1. The second-order valence-electron chi connectivity index (χ2n) is 3.51. The molecule has 3 heteroatoms. The lowest BCUT2D eigenvalue weighted by Crippen LogP contribution is -2.27. The molecule has 0 radical (unpaired) electrons. The van der Waals surface area contributed by atoms with Crippen LogP contribution in [0.15, 0.2) is 24.3 Å². The van der Waals surface area contributed by atoms with Gasteiger partial charge in [-0.2, -0.15) is 0 Å². The van der Waals surface area contributed by atoms with Gasteiger partial charge in [0.15, 0.2) is 0 Å². The second-order valence-corrected chi connectivity index (χ2v) is 3.51. The van der Waals surface area contributed by atoms with E-state index >= 15 is 0 Å². The molecule has 86 valence electrons. The number of halogens is 1. The van der Waals surface area contributed by atoms with Crippen LogP contribution >= 0.6 is 12.4 Å². The third-order valence-corrected chi connectivity index (χ3v) is 2.25. The SMILES string of the molecule is CCN[C@@H](C)Cc1ccc(OC)cc1.Cl. The van der Waals surface area contributed by atoms with Gasteiger partial charge in [0.25, 0.3) is 0 Å². The molecule has 0 fully saturated rings. The molecule has 0 bridgehead atoms. The topological polar surface area (TPSA) is 21.3 Å². The molecule has 2 nitrogen and oxygen atoms in total. The highest BCUT2D eigenvalue weighted by molar-refractivity contribution is 5.85. The summed E-state index contributed by atoms with van der Waals surface area (Å²) in [7, 11) is 1.69. The van der Waals surface area contributed by atoms with Crippen LogP contribution in [0.5, 0.6) is 5.75 Å². The van der Waals surface area contributed by atoms with E-state index in [2.05, 4.69) is 31.3 Å². The van der Waals surface area contributed by atoms with E-state index < -0.39 is 0 Å². The van der Waals surface area contributed by atoms with E-state index in [-0.39, 0.29) is 12.4 Å². The van der Waals surface area contributed by atoms with Gasteiger partial charge in [0.2, 0.25) is 0 Å². The maximum absolute atomic E-state index is 5.11. The highest BCUT2D eigenvalue weighted by atomic mass is 35.5. The maximum Gasteiger partial charge on any atom is 0.118 e. The minimum Gasteiger partial charge on any atom is -0.497 e. The molecular weight excluding hydrogens is 210 g/mol. The molecule has 1 atom stereocenters. The predicted octanol–water partition coefficient (Wildman–Crippen LogP) is 2.66. The van der Waals surface area contributed by atoms with Gasteiger partial charge in [-0.25, -0.2) is 0 Å². The van der Waals surface area contributed by atoms with Crippen LogP contribution in [-0.2, 0) is 6.42 Å². The van der Waals surface area contributed by atoms with Crippen LogP contribution in [0.2, 0.25) is 0 Å². The number of ether oxygens (including phenoxy) is 1. The van der Waals surface area contributed by atoms with Gasteiger partial charge in [-0.15, -0.1) is 12.4 Å². The maximum atomic E-state index is 5.11. The van der Waals surface area contributed by atoms with E-state index in [0.717, 1.165) is 18.7 Å². The van der Waals surface area contributed by atoms with Crippen LogP contribution in [0, 0.1) is 0 Å². The zero-order valence-electron chi connectivity index (χ0n) is 9.62. The Hall–Kier alpha value is -0.730. The average Bonchev–Trinajstić information content (AvgIpc) is 2.19. The normalized spacial score (nSPS) is 11.7. The van der Waals surface area contributed by atoms with Gasteiger partial charge < -0.3 is 10.1 Å². The first-order valence-electron chi connectivity index (χ1n) is 5.12. The van der Waals surface area contributed by atoms with Crippen molar-refractivity contribution in [2.75, 3.05) is 13.7 Å². The van der Waals surface area contributed by atoms with E-state index in [9.17, 15) is 0 Å². The average molecular weight is 230 g/mol.